The van der Waals surface area contributed by atoms with Crippen LogP contribution in [0.4, 0.5) is 4.39 Å². The Hall–Kier alpha value is -2.21. The fourth-order valence-electron chi connectivity index (χ4n) is 2.14. The molecule has 1 aromatic carbocycles. The van der Waals surface area contributed by atoms with E-state index in [0.29, 0.717) is 16.8 Å². The molecule has 0 bridgehead atoms. The van der Waals surface area contributed by atoms with Crippen molar-refractivity contribution >= 4 is 5.91 Å². The number of likely N-dealkylation sites (N-methyl/N-ethyl adjacent to an activating group) is 1. The number of hydrogen-bond donors (Lipinski definition) is 2. The van der Waals surface area contributed by atoms with Gasteiger partial charge in [0, 0.05) is 19.2 Å². The van der Waals surface area contributed by atoms with E-state index in [0.717, 1.165) is 0 Å². The summed E-state index contributed by atoms with van der Waals surface area (Å²) in [6.07, 6.45) is 1.43. The second-order valence-corrected chi connectivity index (χ2v) is 5.64. The van der Waals surface area contributed by atoms with Crippen molar-refractivity contribution in [2.24, 2.45) is 0 Å². The maximum atomic E-state index is 13.0. The molecular weight excluding hydrogens is 273 g/mol. The molecule has 1 aromatic heterocycles. The molecule has 0 saturated heterocycles. The van der Waals surface area contributed by atoms with E-state index in [1.54, 1.807) is 33.0 Å². The van der Waals surface area contributed by atoms with Crippen molar-refractivity contribution in [1.29, 1.82) is 0 Å². The Labute approximate surface area is 122 Å². The largest absolute Gasteiger partial charge is 0.389 e. The molecule has 0 fully saturated rings. The zero-order chi connectivity index (χ0) is 15.6. The summed E-state index contributed by atoms with van der Waals surface area (Å²) in [5.41, 5.74) is 0.606. The van der Waals surface area contributed by atoms with Crippen LogP contribution >= 0.6 is 0 Å². The number of benzene rings is 1. The summed E-state index contributed by atoms with van der Waals surface area (Å²) in [6.45, 7) is 3.46. The number of halogens is 1. The quantitative estimate of drug-likeness (QED) is 0.906. The zero-order valence-corrected chi connectivity index (χ0v) is 12.2. The van der Waals surface area contributed by atoms with Crippen LogP contribution in [0.2, 0.25) is 0 Å². The number of aliphatic hydroxyl groups is 1. The number of amides is 1. The highest BCUT2D eigenvalue weighted by Crippen LogP contribution is 2.22. The normalized spacial score (nSPS) is 11.5. The van der Waals surface area contributed by atoms with Crippen LogP contribution in [-0.4, -0.2) is 45.3 Å². The molecule has 0 atom stereocenters. The third kappa shape index (κ3) is 3.66. The van der Waals surface area contributed by atoms with Crippen LogP contribution in [0.25, 0.3) is 11.3 Å². The van der Waals surface area contributed by atoms with Crippen LogP contribution in [0.5, 0.6) is 0 Å². The van der Waals surface area contributed by atoms with E-state index in [1.165, 1.54) is 23.2 Å². The van der Waals surface area contributed by atoms with Crippen LogP contribution < -0.4 is 0 Å². The maximum Gasteiger partial charge on any atom is 0.257 e. The minimum atomic E-state index is -0.982. The van der Waals surface area contributed by atoms with Gasteiger partial charge in [-0.25, -0.2) is 4.39 Å². The molecule has 0 aliphatic carbocycles. The SMILES string of the molecule is CN(CC(C)(C)O)C(=O)c1cn[nH]c1-c1ccc(F)cc1. The number of nitrogens with zero attached hydrogens (tertiary/aromatic N) is 2. The summed E-state index contributed by atoms with van der Waals surface area (Å²) < 4.78 is 13.0. The molecular formula is C15H18FN3O2. The third-order valence-corrected chi connectivity index (χ3v) is 2.97. The summed E-state index contributed by atoms with van der Waals surface area (Å²) in [5, 5.41) is 16.4. The fourth-order valence-corrected chi connectivity index (χ4v) is 2.14. The molecule has 0 radical (unpaired) electrons. The van der Waals surface area contributed by atoms with Gasteiger partial charge in [-0.2, -0.15) is 5.10 Å². The summed E-state index contributed by atoms with van der Waals surface area (Å²) in [7, 11) is 1.61. The lowest BCUT2D eigenvalue weighted by molar-refractivity contribution is 0.0368. The van der Waals surface area contributed by atoms with Gasteiger partial charge in [0.2, 0.25) is 0 Å². The van der Waals surface area contributed by atoms with Gasteiger partial charge < -0.3 is 10.0 Å². The lowest BCUT2D eigenvalue weighted by Crippen LogP contribution is -2.39. The first-order valence-corrected chi connectivity index (χ1v) is 6.55. The van der Waals surface area contributed by atoms with E-state index >= 15 is 0 Å². The Kier molecular flexibility index (Phi) is 4.09. The van der Waals surface area contributed by atoms with Crippen molar-refractivity contribution in [2.45, 2.75) is 19.4 Å². The number of aromatic nitrogens is 2. The Morgan fingerprint density at radius 3 is 2.57 bits per heavy atom. The fraction of sp³-hybridized carbons (Fsp3) is 0.333. The minimum absolute atomic E-state index is 0.194. The highest BCUT2D eigenvalue weighted by molar-refractivity contribution is 5.99. The van der Waals surface area contributed by atoms with Crippen molar-refractivity contribution in [1.82, 2.24) is 15.1 Å². The highest BCUT2D eigenvalue weighted by atomic mass is 19.1. The van der Waals surface area contributed by atoms with Crippen molar-refractivity contribution in [3.05, 3.63) is 41.8 Å². The minimum Gasteiger partial charge on any atom is -0.389 e. The van der Waals surface area contributed by atoms with Crippen LogP contribution in [0, 0.1) is 5.82 Å². The average molecular weight is 291 g/mol. The highest BCUT2D eigenvalue weighted by Gasteiger charge is 2.23. The van der Waals surface area contributed by atoms with Crippen molar-refractivity contribution < 1.29 is 14.3 Å². The van der Waals surface area contributed by atoms with E-state index in [1.807, 2.05) is 0 Å². The van der Waals surface area contributed by atoms with Crippen LogP contribution in [0.3, 0.4) is 0 Å². The smallest absolute Gasteiger partial charge is 0.257 e. The predicted octanol–water partition coefficient (Wildman–Crippen LogP) is 2.06. The molecule has 0 aliphatic rings. The van der Waals surface area contributed by atoms with Gasteiger partial charge in [0.25, 0.3) is 5.91 Å². The first kappa shape index (κ1) is 15.2. The van der Waals surface area contributed by atoms with Crippen LogP contribution in [-0.2, 0) is 0 Å². The van der Waals surface area contributed by atoms with Crippen LogP contribution in [0.1, 0.15) is 24.2 Å². The molecule has 0 aliphatic heterocycles. The molecule has 1 heterocycles. The van der Waals surface area contributed by atoms with Gasteiger partial charge in [-0.3, -0.25) is 9.89 Å². The number of H-pyrrole nitrogens is 1. The lowest BCUT2D eigenvalue weighted by Gasteiger charge is -2.25. The van der Waals surface area contributed by atoms with Gasteiger partial charge in [0.15, 0.2) is 0 Å². The summed E-state index contributed by atoms with van der Waals surface area (Å²) in [4.78, 5) is 13.9. The molecule has 5 nitrogen and oxygen atoms in total. The monoisotopic (exact) mass is 291 g/mol. The Bertz CT molecular complexity index is 629. The van der Waals surface area contributed by atoms with Gasteiger partial charge in [0.05, 0.1) is 23.1 Å². The number of carbonyl (C=O) groups is 1. The first-order valence-electron chi connectivity index (χ1n) is 6.55. The topological polar surface area (TPSA) is 69.2 Å². The Morgan fingerprint density at radius 2 is 2.00 bits per heavy atom. The number of carbonyl (C=O) groups excluding carboxylic acids is 1. The molecule has 2 aromatic rings. The van der Waals surface area contributed by atoms with Gasteiger partial charge in [0.1, 0.15) is 5.82 Å². The number of rotatable bonds is 4. The average Bonchev–Trinajstić information content (AvgIpc) is 2.85. The van der Waals surface area contributed by atoms with E-state index in [-0.39, 0.29) is 18.3 Å². The van der Waals surface area contributed by atoms with E-state index in [4.69, 9.17) is 0 Å². The number of nitrogens with one attached hydrogen (secondary N) is 1. The lowest BCUT2D eigenvalue weighted by atomic mass is 10.1. The Morgan fingerprint density at radius 1 is 1.38 bits per heavy atom. The summed E-state index contributed by atoms with van der Waals surface area (Å²) >= 11 is 0. The first-order chi connectivity index (χ1) is 9.78. The molecule has 21 heavy (non-hydrogen) atoms. The summed E-state index contributed by atoms with van der Waals surface area (Å²) in [6, 6.07) is 5.81. The second-order valence-electron chi connectivity index (χ2n) is 5.64. The number of hydrogen-bond acceptors (Lipinski definition) is 3. The molecule has 2 N–H and O–H groups in total. The van der Waals surface area contributed by atoms with Gasteiger partial charge >= 0.3 is 0 Å². The number of aromatic amines is 1. The van der Waals surface area contributed by atoms with Crippen molar-refractivity contribution in [2.75, 3.05) is 13.6 Å². The molecule has 0 spiro atoms. The molecule has 6 heteroatoms. The predicted molar refractivity (Wildman–Crippen MR) is 77.2 cm³/mol. The third-order valence-electron chi connectivity index (χ3n) is 2.97. The van der Waals surface area contributed by atoms with E-state index < -0.39 is 5.60 Å². The maximum absolute atomic E-state index is 13.0. The van der Waals surface area contributed by atoms with Crippen LogP contribution in [0.15, 0.2) is 30.5 Å². The van der Waals surface area contributed by atoms with E-state index in [2.05, 4.69) is 10.2 Å². The molecule has 1 amide bonds. The molecule has 0 saturated carbocycles. The van der Waals surface area contributed by atoms with Crippen molar-refractivity contribution in [3.63, 3.8) is 0 Å². The van der Waals surface area contributed by atoms with Gasteiger partial charge in [-0.15, -0.1) is 0 Å². The Balaban J connectivity index is 2.28. The van der Waals surface area contributed by atoms with Gasteiger partial charge in [-0.05, 0) is 38.1 Å². The molecule has 2 rings (SSSR count). The standard InChI is InChI=1S/C15H18FN3O2/c1-15(2,21)9-19(3)14(20)12-8-17-18-13(12)10-4-6-11(16)7-5-10/h4-8,21H,9H2,1-3H3,(H,17,18). The second kappa shape index (κ2) is 5.65. The van der Waals surface area contributed by atoms with Gasteiger partial charge in [-0.1, -0.05) is 0 Å². The molecule has 0 unspecified atom stereocenters. The molecule has 112 valence electrons. The summed E-state index contributed by atoms with van der Waals surface area (Å²) in [5.74, 6) is -0.601. The van der Waals surface area contributed by atoms with E-state index in [9.17, 15) is 14.3 Å². The zero-order valence-electron chi connectivity index (χ0n) is 12.2. The van der Waals surface area contributed by atoms with Crippen molar-refractivity contribution in [3.8, 4) is 11.3 Å².